The monoisotopic (exact) mass is 538 g/mol. The lowest BCUT2D eigenvalue weighted by atomic mass is 10.0. The number of methoxy groups -OCH3 is 1. The van der Waals surface area contributed by atoms with Crippen LogP contribution in [0.1, 0.15) is 21.6 Å². The Hall–Kier alpha value is -3.25. The number of carbonyl (C=O) groups excluding carboxylic acids is 1. The molecule has 0 unspecified atom stereocenters. The zero-order chi connectivity index (χ0) is 26.3. The summed E-state index contributed by atoms with van der Waals surface area (Å²) < 4.78 is 44.6. The molecule has 200 valence electrons. The standard InChI is InChI=1S/C27H30N4O6S/c1-35-21-6-7-22-24(16-21)38(33,34)18-23-25(27(32)30-10-14-37-15-11-30)28-31(26(22)23)20-4-2-19(3-5-20)17-29-8-12-36-13-9-29/h2-7,16H,8-15,17-18H2,1H3. The first-order chi connectivity index (χ1) is 18.4. The minimum Gasteiger partial charge on any atom is -0.497 e. The van der Waals surface area contributed by atoms with E-state index < -0.39 is 9.84 Å². The molecule has 10 nitrogen and oxygen atoms in total. The number of ether oxygens (including phenoxy) is 3. The van der Waals surface area contributed by atoms with Crippen LogP contribution in [-0.2, 0) is 31.6 Å². The van der Waals surface area contributed by atoms with Crippen molar-refractivity contribution in [3.8, 4) is 22.7 Å². The van der Waals surface area contributed by atoms with Gasteiger partial charge >= 0.3 is 0 Å². The maximum Gasteiger partial charge on any atom is 0.274 e. The van der Waals surface area contributed by atoms with Crippen LogP contribution in [0.3, 0.4) is 0 Å². The van der Waals surface area contributed by atoms with Crippen LogP contribution < -0.4 is 4.74 Å². The molecule has 0 bridgehead atoms. The zero-order valence-corrected chi connectivity index (χ0v) is 22.1. The number of sulfone groups is 1. The van der Waals surface area contributed by atoms with Gasteiger partial charge in [0.2, 0.25) is 0 Å². The van der Waals surface area contributed by atoms with Gasteiger partial charge in [-0.15, -0.1) is 0 Å². The van der Waals surface area contributed by atoms with Gasteiger partial charge in [-0.1, -0.05) is 12.1 Å². The smallest absolute Gasteiger partial charge is 0.274 e. The first kappa shape index (κ1) is 25.1. The third kappa shape index (κ3) is 4.60. The minimum atomic E-state index is -3.71. The quantitative estimate of drug-likeness (QED) is 0.487. The fraction of sp³-hybridized carbons (Fsp3) is 0.407. The van der Waals surface area contributed by atoms with E-state index in [2.05, 4.69) is 17.0 Å². The molecule has 1 amide bonds. The molecule has 11 heteroatoms. The number of aromatic nitrogens is 2. The Balaban J connectivity index is 1.44. The fourth-order valence-electron chi connectivity index (χ4n) is 5.25. The van der Waals surface area contributed by atoms with Crippen molar-refractivity contribution in [3.63, 3.8) is 0 Å². The number of nitrogens with zero attached hydrogens (tertiary/aromatic N) is 4. The van der Waals surface area contributed by atoms with Gasteiger partial charge in [-0.05, 0) is 35.9 Å². The Bertz CT molecular complexity index is 1460. The molecule has 2 aromatic carbocycles. The summed E-state index contributed by atoms with van der Waals surface area (Å²) in [4.78, 5) is 17.8. The summed E-state index contributed by atoms with van der Waals surface area (Å²) >= 11 is 0. The molecule has 38 heavy (non-hydrogen) atoms. The van der Waals surface area contributed by atoms with E-state index >= 15 is 0 Å². The Kier molecular flexibility index (Phi) is 6.68. The van der Waals surface area contributed by atoms with Crippen LogP contribution in [0.4, 0.5) is 0 Å². The second kappa shape index (κ2) is 10.1. The number of morpholine rings is 2. The number of rotatable bonds is 5. The Morgan fingerprint density at radius 3 is 2.34 bits per heavy atom. The van der Waals surface area contributed by atoms with Crippen LogP contribution in [-0.4, -0.2) is 93.6 Å². The highest BCUT2D eigenvalue weighted by Crippen LogP contribution is 2.42. The van der Waals surface area contributed by atoms with Gasteiger partial charge in [-0.2, -0.15) is 5.10 Å². The maximum absolute atomic E-state index is 13.6. The van der Waals surface area contributed by atoms with Crippen molar-refractivity contribution in [2.24, 2.45) is 0 Å². The summed E-state index contributed by atoms with van der Waals surface area (Å²) in [5.41, 5.74) is 3.65. The van der Waals surface area contributed by atoms with E-state index in [4.69, 9.17) is 19.3 Å². The predicted octanol–water partition coefficient (Wildman–Crippen LogP) is 2.14. The topological polar surface area (TPSA) is 103 Å². The van der Waals surface area contributed by atoms with Gasteiger partial charge in [0.15, 0.2) is 15.5 Å². The second-order valence-electron chi connectivity index (χ2n) is 9.67. The van der Waals surface area contributed by atoms with Crippen LogP contribution in [0, 0.1) is 0 Å². The number of hydrogen-bond donors (Lipinski definition) is 0. The first-order valence-corrected chi connectivity index (χ1v) is 14.4. The van der Waals surface area contributed by atoms with Crippen molar-refractivity contribution in [3.05, 3.63) is 59.3 Å². The lowest BCUT2D eigenvalue weighted by Gasteiger charge is -2.26. The van der Waals surface area contributed by atoms with Gasteiger partial charge < -0.3 is 19.1 Å². The molecule has 4 heterocycles. The summed E-state index contributed by atoms with van der Waals surface area (Å²) in [6, 6.07) is 13.1. The predicted molar refractivity (Wildman–Crippen MR) is 139 cm³/mol. The number of hydrogen-bond acceptors (Lipinski definition) is 8. The Labute approximate surface area is 221 Å². The second-order valence-corrected chi connectivity index (χ2v) is 11.6. The SMILES string of the molecule is COc1ccc2c(c1)S(=O)(=O)Cc1c(C(=O)N3CCOCC3)nn(-c3ccc(CN4CCOCC4)cc3)c1-2. The molecule has 0 N–H and O–H groups in total. The first-order valence-electron chi connectivity index (χ1n) is 12.7. The van der Waals surface area contributed by atoms with Gasteiger partial charge in [-0.3, -0.25) is 9.69 Å². The van der Waals surface area contributed by atoms with Crippen molar-refractivity contribution in [1.29, 1.82) is 0 Å². The van der Waals surface area contributed by atoms with Crippen molar-refractivity contribution in [2.45, 2.75) is 17.2 Å². The van der Waals surface area contributed by atoms with Crippen LogP contribution in [0.15, 0.2) is 47.4 Å². The molecule has 0 saturated carbocycles. The molecular weight excluding hydrogens is 508 g/mol. The zero-order valence-electron chi connectivity index (χ0n) is 21.3. The lowest BCUT2D eigenvalue weighted by molar-refractivity contribution is 0.0298. The van der Waals surface area contributed by atoms with E-state index in [0.29, 0.717) is 48.9 Å². The van der Waals surface area contributed by atoms with Gasteiger partial charge in [0, 0.05) is 43.9 Å². The Morgan fingerprint density at radius 1 is 0.974 bits per heavy atom. The molecule has 3 aliphatic heterocycles. The molecule has 2 saturated heterocycles. The van der Waals surface area contributed by atoms with Gasteiger partial charge in [0.05, 0.1) is 55.6 Å². The van der Waals surface area contributed by atoms with Gasteiger partial charge in [0.1, 0.15) is 5.75 Å². The van der Waals surface area contributed by atoms with Crippen LogP contribution in [0.25, 0.3) is 16.9 Å². The molecule has 0 atom stereocenters. The third-order valence-electron chi connectivity index (χ3n) is 7.29. The lowest BCUT2D eigenvalue weighted by Crippen LogP contribution is -2.41. The Morgan fingerprint density at radius 2 is 1.66 bits per heavy atom. The average molecular weight is 539 g/mol. The molecular formula is C27H30N4O6S. The number of amides is 1. The number of benzene rings is 2. The van der Waals surface area contributed by atoms with Crippen molar-refractivity contribution < 1.29 is 27.4 Å². The van der Waals surface area contributed by atoms with Crippen LogP contribution in [0.2, 0.25) is 0 Å². The number of fused-ring (bicyclic) bond motifs is 3. The maximum atomic E-state index is 13.6. The molecule has 3 aromatic rings. The largest absolute Gasteiger partial charge is 0.497 e. The van der Waals surface area contributed by atoms with Gasteiger partial charge in [-0.25, -0.2) is 13.1 Å². The fourth-order valence-corrected chi connectivity index (χ4v) is 6.85. The van der Waals surface area contributed by atoms with Gasteiger partial charge in [0.25, 0.3) is 5.91 Å². The molecule has 2 fully saturated rings. The summed E-state index contributed by atoms with van der Waals surface area (Å²) in [6.45, 7) is 5.87. The van der Waals surface area contributed by atoms with E-state index in [1.165, 1.54) is 7.11 Å². The molecule has 3 aliphatic rings. The molecule has 6 rings (SSSR count). The summed E-state index contributed by atoms with van der Waals surface area (Å²) in [7, 11) is -2.21. The van der Waals surface area contributed by atoms with Crippen LogP contribution >= 0.6 is 0 Å². The van der Waals surface area contributed by atoms with E-state index in [-0.39, 0.29) is 22.2 Å². The van der Waals surface area contributed by atoms with E-state index in [1.807, 2.05) is 12.1 Å². The normalized spacial score (nSPS) is 19.0. The summed E-state index contributed by atoms with van der Waals surface area (Å²) in [5.74, 6) is -0.124. The molecule has 0 aliphatic carbocycles. The minimum absolute atomic E-state index is 0.171. The highest BCUT2D eigenvalue weighted by Gasteiger charge is 2.37. The highest BCUT2D eigenvalue weighted by molar-refractivity contribution is 7.90. The van der Waals surface area contributed by atoms with Crippen molar-refractivity contribution >= 4 is 15.7 Å². The van der Waals surface area contributed by atoms with Crippen molar-refractivity contribution in [1.82, 2.24) is 19.6 Å². The molecule has 0 spiro atoms. The van der Waals surface area contributed by atoms with Crippen LogP contribution in [0.5, 0.6) is 5.75 Å². The average Bonchev–Trinajstić information content (AvgIpc) is 3.32. The summed E-state index contributed by atoms with van der Waals surface area (Å²) in [6.07, 6.45) is 0. The molecule has 1 aromatic heterocycles. The van der Waals surface area contributed by atoms with E-state index in [9.17, 15) is 13.2 Å². The van der Waals surface area contributed by atoms with E-state index in [1.54, 1.807) is 27.8 Å². The molecule has 0 radical (unpaired) electrons. The summed E-state index contributed by atoms with van der Waals surface area (Å²) in [5, 5.41) is 4.75. The van der Waals surface area contributed by atoms with E-state index in [0.717, 1.165) is 44.1 Å². The number of carbonyl (C=O) groups is 1. The highest BCUT2D eigenvalue weighted by atomic mass is 32.2. The van der Waals surface area contributed by atoms with Crippen molar-refractivity contribution in [2.75, 3.05) is 59.7 Å². The third-order valence-corrected chi connectivity index (χ3v) is 8.97.